The third kappa shape index (κ3) is 3.33. The summed E-state index contributed by atoms with van der Waals surface area (Å²) in [4.78, 5) is 24.0. The molecule has 0 spiro atoms. The molecule has 0 unspecified atom stereocenters. The van der Waals surface area contributed by atoms with Crippen molar-refractivity contribution in [2.75, 3.05) is 39.3 Å². The van der Waals surface area contributed by atoms with E-state index in [1.807, 2.05) is 17.0 Å². The Kier molecular flexibility index (Phi) is 4.81. The second-order valence-corrected chi connectivity index (χ2v) is 7.45. The number of piperidine rings is 1. The smallest absolute Gasteiger partial charge is 0.255 e. The monoisotopic (exact) mass is 328 g/mol. The van der Waals surface area contributed by atoms with Crippen molar-refractivity contribution in [3.8, 4) is 0 Å². The van der Waals surface area contributed by atoms with Crippen LogP contribution in [0, 0.1) is 0 Å². The van der Waals surface area contributed by atoms with Gasteiger partial charge in [0.15, 0.2) is 0 Å². The van der Waals surface area contributed by atoms with Crippen LogP contribution in [0.1, 0.15) is 42.5 Å². The highest BCUT2D eigenvalue weighted by atomic mass is 16.2. The summed E-state index contributed by atoms with van der Waals surface area (Å²) < 4.78 is 0. The molecule has 5 nitrogen and oxygen atoms in total. The molecule has 3 saturated heterocycles. The Hall–Kier alpha value is -1.46. The third-order valence-corrected chi connectivity index (χ3v) is 6.01. The van der Waals surface area contributed by atoms with Crippen molar-refractivity contribution in [2.24, 2.45) is 0 Å². The minimum absolute atomic E-state index is 0.138. The largest absolute Gasteiger partial charge is 0.338 e. The molecule has 0 aliphatic carbocycles. The first-order valence-corrected chi connectivity index (χ1v) is 9.48. The van der Waals surface area contributed by atoms with Gasteiger partial charge in [-0.1, -0.05) is 0 Å². The van der Waals surface area contributed by atoms with Gasteiger partial charge in [-0.05, 0) is 63.9 Å². The molecule has 4 rings (SSSR count). The molecule has 130 valence electrons. The molecule has 1 amide bonds. The molecule has 1 aromatic rings. The van der Waals surface area contributed by atoms with Gasteiger partial charge in [0.1, 0.15) is 0 Å². The van der Waals surface area contributed by atoms with Crippen LogP contribution in [0.15, 0.2) is 24.5 Å². The van der Waals surface area contributed by atoms with E-state index in [0.717, 1.165) is 32.0 Å². The Morgan fingerprint density at radius 1 is 0.958 bits per heavy atom. The Morgan fingerprint density at radius 3 is 2.54 bits per heavy atom. The lowest BCUT2D eigenvalue weighted by atomic mass is 10.0. The first-order valence-electron chi connectivity index (χ1n) is 9.48. The summed E-state index contributed by atoms with van der Waals surface area (Å²) in [6.45, 7) is 6.80. The van der Waals surface area contributed by atoms with E-state index in [9.17, 15) is 4.79 Å². The van der Waals surface area contributed by atoms with Gasteiger partial charge in [-0.15, -0.1) is 0 Å². The van der Waals surface area contributed by atoms with E-state index < -0.39 is 0 Å². The fourth-order valence-corrected chi connectivity index (χ4v) is 4.67. The zero-order valence-electron chi connectivity index (χ0n) is 14.4. The van der Waals surface area contributed by atoms with Crippen LogP contribution in [0.5, 0.6) is 0 Å². The second-order valence-electron chi connectivity index (χ2n) is 7.45. The van der Waals surface area contributed by atoms with Crippen LogP contribution in [-0.4, -0.2) is 76.9 Å². The normalized spacial score (nSPS) is 27.0. The summed E-state index contributed by atoms with van der Waals surface area (Å²) in [6, 6.07) is 5.14. The van der Waals surface area contributed by atoms with Gasteiger partial charge in [0.25, 0.3) is 5.91 Å². The van der Waals surface area contributed by atoms with Crippen molar-refractivity contribution in [1.29, 1.82) is 0 Å². The average Bonchev–Trinajstić information content (AvgIpc) is 2.99. The van der Waals surface area contributed by atoms with Crippen molar-refractivity contribution in [3.05, 3.63) is 30.1 Å². The summed E-state index contributed by atoms with van der Waals surface area (Å²) in [5.74, 6) is 0.138. The molecular weight excluding hydrogens is 300 g/mol. The van der Waals surface area contributed by atoms with Crippen molar-refractivity contribution < 1.29 is 4.79 Å². The van der Waals surface area contributed by atoms with Crippen LogP contribution in [0.3, 0.4) is 0 Å². The van der Waals surface area contributed by atoms with Crippen LogP contribution in [-0.2, 0) is 0 Å². The lowest BCUT2D eigenvalue weighted by Crippen LogP contribution is -2.49. The maximum Gasteiger partial charge on any atom is 0.255 e. The first-order chi connectivity index (χ1) is 11.8. The number of hydrogen-bond donors (Lipinski definition) is 0. The molecule has 4 heterocycles. The zero-order valence-corrected chi connectivity index (χ0v) is 14.4. The molecule has 0 aromatic carbocycles. The van der Waals surface area contributed by atoms with Gasteiger partial charge >= 0.3 is 0 Å². The van der Waals surface area contributed by atoms with E-state index in [1.165, 1.54) is 45.4 Å². The predicted molar refractivity (Wildman–Crippen MR) is 93.9 cm³/mol. The number of fused-ring (bicyclic) bond motifs is 1. The lowest BCUT2D eigenvalue weighted by Gasteiger charge is -2.39. The molecule has 0 radical (unpaired) electrons. The van der Waals surface area contributed by atoms with Crippen molar-refractivity contribution in [3.63, 3.8) is 0 Å². The Bertz CT molecular complexity index is 556. The maximum atomic E-state index is 12.6. The molecule has 3 aliphatic heterocycles. The van der Waals surface area contributed by atoms with Gasteiger partial charge < -0.3 is 4.90 Å². The molecule has 0 N–H and O–H groups in total. The minimum Gasteiger partial charge on any atom is -0.338 e. The SMILES string of the molecule is O=C(c1cccnc1)N1CCC(N2CCCN3CCC[C@H]3C2)CC1. The molecule has 3 aliphatic rings. The van der Waals surface area contributed by atoms with Crippen molar-refractivity contribution in [1.82, 2.24) is 19.7 Å². The van der Waals surface area contributed by atoms with E-state index in [4.69, 9.17) is 0 Å². The summed E-state index contributed by atoms with van der Waals surface area (Å²) in [5, 5.41) is 0. The number of carbonyl (C=O) groups is 1. The number of likely N-dealkylation sites (tertiary alicyclic amines) is 1. The van der Waals surface area contributed by atoms with E-state index in [1.54, 1.807) is 12.4 Å². The van der Waals surface area contributed by atoms with Gasteiger partial charge in [0.05, 0.1) is 5.56 Å². The van der Waals surface area contributed by atoms with E-state index in [0.29, 0.717) is 11.6 Å². The van der Waals surface area contributed by atoms with Crippen LogP contribution in [0.4, 0.5) is 0 Å². The minimum atomic E-state index is 0.138. The highest BCUT2D eigenvalue weighted by Gasteiger charge is 2.33. The molecular formula is C19H28N4O. The highest BCUT2D eigenvalue weighted by Crippen LogP contribution is 2.25. The molecule has 24 heavy (non-hydrogen) atoms. The number of carbonyl (C=O) groups excluding carboxylic acids is 1. The molecule has 1 atom stereocenters. The topological polar surface area (TPSA) is 39.7 Å². The lowest BCUT2D eigenvalue weighted by molar-refractivity contribution is 0.0608. The van der Waals surface area contributed by atoms with Crippen LogP contribution in [0.25, 0.3) is 0 Å². The number of rotatable bonds is 2. The predicted octanol–water partition coefficient (Wildman–Crippen LogP) is 1.86. The van der Waals surface area contributed by atoms with Crippen LogP contribution >= 0.6 is 0 Å². The number of nitrogens with zero attached hydrogens (tertiary/aromatic N) is 4. The number of amides is 1. The number of aromatic nitrogens is 1. The summed E-state index contributed by atoms with van der Waals surface area (Å²) in [5.41, 5.74) is 0.715. The quantitative estimate of drug-likeness (QED) is 0.831. The fraction of sp³-hybridized carbons (Fsp3) is 0.684. The maximum absolute atomic E-state index is 12.6. The zero-order chi connectivity index (χ0) is 16.4. The standard InChI is InChI=1S/C19H28N4O/c24-19(16-4-1-8-20-14-16)22-12-6-17(7-13-22)23-11-3-10-21-9-2-5-18(21)15-23/h1,4,8,14,17-18H,2-3,5-7,9-13,15H2/t18-/m0/s1. The third-order valence-electron chi connectivity index (χ3n) is 6.01. The Morgan fingerprint density at radius 2 is 1.75 bits per heavy atom. The summed E-state index contributed by atoms with van der Waals surface area (Å²) in [6.07, 6.45) is 9.65. The fourth-order valence-electron chi connectivity index (χ4n) is 4.67. The van der Waals surface area contributed by atoms with Crippen molar-refractivity contribution in [2.45, 2.75) is 44.2 Å². The van der Waals surface area contributed by atoms with Gasteiger partial charge in [0.2, 0.25) is 0 Å². The Labute approximate surface area is 144 Å². The molecule has 1 aromatic heterocycles. The van der Waals surface area contributed by atoms with E-state index in [2.05, 4.69) is 14.8 Å². The van der Waals surface area contributed by atoms with Crippen molar-refractivity contribution >= 4 is 5.91 Å². The average molecular weight is 328 g/mol. The number of pyridine rings is 1. The van der Waals surface area contributed by atoms with Gasteiger partial charge in [-0.2, -0.15) is 0 Å². The highest BCUT2D eigenvalue weighted by molar-refractivity contribution is 5.93. The first kappa shape index (κ1) is 16.0. The number of hydrogen-bond acceptors (Lipinski definition) is 4. The molecule has 5 heteroatoms. The van der Waals surface area contributed by atoms with Crippen LogP contribution < -0.4 is 0 Å². The van der Waals surface area contributed by atoms with E-state index >= 15 is 0 Å². The molecule has 0 saturated carbocycles. The Balaban J connectivity index is 1.33. The molecule has 0 bridgehead atoms. The van der Waals surface area contributed by atoms with E-state index in [-0.39, 0.29) is 5.91 Å². The van der Waals surface area contributed by atoms with Gasteiger partial charge in [-0.3, -0.25) is 19.6 Å². The van der Waals surface area contributed by atoms with Crippen LogP contribution in [0.2, 0.25) is 0 Å². The summed E-state index contributed by atoms with van der Waals surface area (Å²) in [7, 11) is 0. The van der Waals surface area contributed by atoms with Gasteiger partial charge in [0, 0.05) is 44.1 Å². The second kappa shape index (κ2) is 7.19. The molecule has 3 fully saturated rings. The van der Waals surface area contributed by atoms with Gasteiger partial charge in [-0.25, -0.2) is 0 Å². The summed E-state index contributed by atoms with van der Waals surface area (Å²) >= 11 is 0.